The van der Waals surface area contributed by atoms with Gasteiger partial charge in [-0.1, -0.05) is 74.5 Å². The Hall–Kier alpha value is -4.67. The van der Waals surface area contributed by atoms with Crippen LogP contribution in [-0.4, -0.2) is 60.0 Å². The molecule has 3 rings (SSSR count). The van der Waals surface area contributed by atoms with Crippen LogP contribution in [0.1, 0.15) is 31.4 Å². The third-order valence-corrected chi connectivity index (χ3v) is 5.89. The van der Waals surface area contributed by atoms with Crippen LogP contribution in [0.5, 0.6) is 0 Å². The Morgan fingerprint density at radius 1 is 0.974 bits per heavy atom. The van der Waals surface area contributed by atoms with Crippen LogP contribution in [-0.2, 0) is 35.3 Å². The van der Waals surface area contributed by atoms with Gasteiger partial charge in [0.1, 0.15) is 31.1 Å². The molecule has 0 aromatic heterocycles. The second kappa shape index (κ2) is 13.8. The molecule has 11 nitrogen and oxygen atoms in total. The Kier molecular flexibility index (Phi) is 10.2. The molecule has 0 fully saturated rings. The molecule has 0 saturated heterocycles. The largest absolute Gasteiger partial charge is 0.487 e. The molecule has 0 unspecified atom stereocenters. The van der Waals surface area contributed by atoms with E-state index in [1.165, 1.54) is 0 Å². The van der Waals surface area contributed by atoms with E-state index in [0.717, 1.165) is 5.56 Å². The third kappa shape index (κ3) is 8.42. The highest BCUT2D eigenvalue weighted by Crippen LogP contribution is 2.23. The molecule has 0 bridgehead atoms. The second-order valence-electron chi connectivity index (χ2n) is 9.19. The molecule has 4 N–H and O–H groups in total. The molecule has 1 aliphatic heterocycles. The van der Waals surface area contributed by atoms with Gasteiger partial charge in [-0.15, -0.1) is 0 Å². The number of hydrogen-bond acceptors (Lipinski definition) is 7. The Morgan fingerprint density at radius 3 is 2.23 bits per heavy atom. The first kappa shape index (κ1) is 28.9. The fraction of sp³-hybridized carbons (Fsp3) is 0.321. The summed E-state index contributed by atoms with van der Waals surface area (Å²) >= 11 is 0. The van der Waals surface area contributed by atoms with E-state index in [2.05, 4.69) is 16.0 Å². The number of amides is 3. The van der Waals surface area contributed by atoms with Crippen molar-refractivity contribution in [3.05, 3.63) is 77.5 Å². The van der Waals surface area contributed by atoms with Crippen molar-refractivity contribution in [1.29, 1.82) is 0 Å². The predicted molar refractivity (Wildman–Crippen MR) is 140 cm³/mol. The molecule has 206 valence electrons. The number of aliphatic carboxylic acids is 1. The van der Waals surface area contributed by atoms with Gasteiger partial charge in [0.05, 0.1) is 18.5 Å². The van der Waals surface area contributed by atoms with Crippen LogP contribution < -0.4 is 16.0 Å². The Balaban J connectivity index is 1.64. The Morgan fingerprint density at radius 2 is 1.62 bits per heavy atom. The van der Waals surface area contributed by atoms with Crippen molar-refractivity contribution >= 4 is 35.2 Å². The van der Waals surface area contributed by atoms with Crippen LogP contribution in [0, 0.1) is 5.92 Å². The zero-order valence-corrected chi connectivity index (χ0v) is 21.6. The van der Waals surface area contributed by atoms with Crippen LogP contribution in [0.15, 0.2) is 66.4 Å². The molecule has 2 atom stereocenters. The standard InChI is InChI=1S/C28H31N3O8/c1-17(2)25(31-28(37)39-15-18-9-5-3-6-10-18)27(36)30-20(13-23(33)34)21(32)16-38-22-14-29-26(35)24(22)19-11-7-4-8-12-19/h3-12,17,20,25H,13-16H2,1-2H3,(H,29,35)(H,30,36)(H,31,37)(H,33,34)/t20-,25-/m0/s1. The summed E-state index contributed by atoms with van der Waals surface area (Å²) in [4.78, 5) is 62.0. The molecule has 2 aromatic carbocycles. The maximum Gasteiger partial charge on any atom is 0.408 e. The summed E-state index contributed by atoms with van der Waals surface area (Å²) < 4.78 is 10.8. The highest BCUT2D eigenvalue weighted by Gasteiger charge is 2.32. The number of alkyl carbamates (subject to hydrolysis) is 1. The lowest BCUT2D eigenvalue weighted by Gasteiger charge is -2.24. The highest BCUT2D eigenvalue weighted by molar-refractivity contribution is 6.22. The fourth-order valence-corrected chi connectivity index (χ4v) is 3.85. The number of benzene rings is 2. The molecule has 0 spiro atoms. The number of hydrogen-bond donors (Lipinski definition) is 4. The molecule has 1 aliphatic rings. The van der Waals surface area contributed by atoms with E-state index in [0.29, 0.717) is 5.56 Å². The number of Topliss-reactive ketones (excluding diaryl/α,β-unsaturated/α-hetero) is 1. The predicted octanol–water partition coefficient (Wildman–Crippen LogP) is 2.02. The first-order chi connectivity index (χ1) is 18.7. The van der Waals surface area contributed by atoms with E-state index in [1.807, 2.05) is 6.07 Å². The molecule has 39 heavy (non-hydrogen) atoms. The van der Waals surface area contributed by atoms with Gasteiger partial charge in [0.15, 0.2) is 5.78 Å². The van der Waals surface area contributed by atoms with Gasteiger partial charge < -0.3 is 30.5 Å². The van der Waals surface area contributed by atoms with Gasteiger partial charge in [-0.05, 0) is 17.0 Å². The Bertz CT molecular complexity index is 1230. The quantitative estimate of drug-likeness (QED) is 0.302. The van der Waals surface area contributed by atoms with Gasteiger partial charge in [0, 0.05) is 0 Å². The summed E-state index contributed by atoms with van der Waals surface area (Å²) in [5.41, 5.74) is 1.64. The number of carbonyl (C=O) groups is 5. The van der Waals surface area contributed by atoms with E-state index in [4.69, 9.17) is 9.47 Å². The van der Waals surface area contributed by atoms with Crippen molar-refractivity contribution < 1.29 is 38.6 Å². The number of ether oxygens (including phenoxy) is 2. The molecule has 2 aromatic rings. The van der Waals surface area contributed by atoms with Gasteiger partial charge >= 0.3 is 12.1 Å². The molecular weight excluding hydrogens is 506 g/mol. The number of rotatable bonds is 13. The summed E-state index contributed by atoms with van der Waals surface area (Å²) in [6.07, 6.45) is -1.53. The smallest absolute Gasteiger partial charge is 0.408 e. The van der Waals surface area contributed by atoms with Gasteiger partial charge in [-0.3, -0.25) is 19.2 Å². The lowest BCUT2D eigenvalue weighted by Crippen LogP contribution is -2.54. The van der Waals surface area contributed by atoms with Gasteiger partial charge in [0.25, 0.3) is 5.91 Å². The first-order valence-electron chi connectivity index (χ1n) is 12.4. The Labute approximate surface area is 225 Å². The minimum Gasteiger partial charge on any atom is -0.487 e. The van der Waals surface area contributed by atoms with E-state index >= 15 is 0 Å². The van der Waals surface area contributed by atoms with Gasteiger partial charge in [-0.25, -0.2) is 4.79 Å². The van der Waals surface area contributed by atoms with Crippen LogP contribution in [0.3, 0.4) is 0 Å². The molecule has 0 aliphatic carbocycles. The zero-order chi connectivity index (χ0) is 28.4. The summed E-state index contributed by atoms with van der Waals surface area (Å²) in [5.74, 6) is -3.29. The molecule has 3 amide bonds. The van der Waals surface area contributed by atoms with Crippen LogP contribution >= 0.6 is 0 Å². The number of nitrogens with one attached hydrogen (secondary N) is 3. The van der Waals surface area contributed by atoms with Crippen LogP contribution in [0.25, 0.3) is 5.57 Å². The van der Waals surface area contributed by atoms with Gasteiger partial charge in [0.2, 0.25) is 5.91 Å². The molecule has 0 radical (unpaired) electrons. The average molecular weight is 538 g/mol. The van der Waals surface area contributed by atoms with Crippen molar-refractivity contribution in [1.82, 2.24) is 16.0 Å². The average Bonchev–Trinajstić information content (AvgIpc) is 3.29. The summed E-state index contributed by atoms with van der Waals surface area (Å²) in [7, 11) is 0. The zero-order valence-electron chi connectivity index (χ0n) is 21.6. The fourth-order valence-electron chi connectivity index (χ4n) is 3.85. The molecule has 11 heteroatoms. The summed E-state index contributed by atoms with van der Waals surface area (Å²) in [6.45, 7) is 2.85. The lowest BCUT2D eigenvalue weighted by molar-refractivity contribution is -0.141. The lowest BCUT2D eigenvalue weighted by atomic mass is 10.0. The van der Waals surface area contributed by atoms with Crippen molar-refractivity contribution in [2.24, 2.45) is 5.92 Å². The minimum atomic E-state index is -1.43. The van der Waals surface area contributed by atoms with Crippen LogP contribution in [0.2, 0.25) is 0 Å². The second-order valence-corrected chi connectivity index (χ2v) is 9.19. The first-order valence-corrected chi connectivity index (χ1v) is 12.4. The van der Waals surface area contributed by atoms with E-state index in [9.17, 15) is 29.1 Å². The number of carboxylic acids is 1. The topological polar surface area (TPSA) is 160 Å². The van der Waals surface area contributed by atoms with Crippen molar-refractivity contribution in [2.45, 2.75) is 39.0 Å². The van der Waals surface area contributed by atoms with Gasteiger partial charge in [-0.2, -0.15) is 0 Å². The molecule has 0 saturated carbocycles. The maximum absolute atomic E-state index is 13.0. The summed E-state index contributed by atoms with van der Waals surface area (Å²) in [6, 6.07) is 15.2. The van der Waals surface area contributed by atoms with E-state index < -0.39 is 54.8 Å². The minimum absolute atomic E-state index is 0.00521. The highest BCUT2D eigenvalue weighted by atomic mass is 16.5. The van der Waals surface area contributed by atoms with Crippen molar-refractivity contribution in [3.63, 3.8) is 0 Å². The van der Waals surface area contributed by atoms with Crippen LogP contribution in [0.4, 0.5) is 4.79 Å². The number of carboxylic acid groups (broad SMARTS) is 1. The van der Waals surface area contributed by atoms with E-state index in [1.54, 1.807) is 68.4 Å². The maximum atomic E-state index is 13.0. The monoisotopic (exact) mass is 537 g/mol. The molecule has 1 heterocycles. The van der Waals surface area contributed by atoms with E-state index in [-0.39, 0.29) is 30.4 Å². The number of carbonyl (C=O) groups excluding carboxylic acids is 4. The molecular formula is C28H31N3O8. The van der Waals surface area contributed by atoms with Crippen molar-refractivity contribution in [3.8, 4) is 0 Å². The summed E-state index contributed by atoms with van der Waals surface area (Å²) in [5, 5.41) is 16.9. The third-order valence-electron chi connectivity index (χ3n) is 5.89. The number of ketones is 1. The SMILES string of the molecule is CC(C)[C@H](NC(=O)OCc1ccccc1)C(=O)N[C@@H](CC(=O)O)C(=O)COC1=C(c2ccccc2)C(=O)NC1. The normalized spacial score (nSPS) is 14.3. The van der Waals surface area contributed by atoms with Crippen molar-refractivity contribution in [2.75, 3.05) is 13.2 Å².